The molecule has 6 heteroatoms. The zero-order valence-electron chi connectivity index (χ0n) is 14.1. The monoisotopic (exact) mass is 353 g/mol. The van der Waals surface area contributed by atoms with Crippen LogP contribution in [0.3, 0.4) is 0 Å². The Hall–Kier alpha value is -1.30. The van der Waals surface area contributed by atoms with Crippen molar-refractivity contribution in [1.82, 2.24) is 10.2 Å². The lowest BCUT2D eigenvalue weighted by Gasteiger charge is -2.48. The molecule has 2 aliphatic rings. The second-order valence-corrected chi connectivity index (χ2v) is 6.69. The minimum absolute atomic E-state index is 0. The highest BCUT2D eigenvalue weighted by Gasteiger charge is 2.38. The Morgan fingerprint density at radius 2 is 1.92 bits per heavy atom. The Kier molecular flexibility index (Phi) is 6.90. The maximum absolute atomic E-state index is 12.5. The first kappa shape index (κ1) is 19.0. The van der Waals surface area contributed by atoms with Crippen LogP contribution in [0.15, 0.2) is 24.3 Å². The zero-order chi connectivity index (χ0) is 16.1. The van der Waals surface area contributed by atoms with Crippen LogP contribution in [0.2, 0.25) is 0 Å². The van der Waals surface area contributed by atoms with Gasteiger partial charge in [0.25, 0.3) is 5.91 Å². The van der Waals surface area contributed by atoms with E-state index in [9.17, 15) is 4.79 Å². The molecule has 24 heavy (non-hydrogen) atoms. The second kappa shape index (κ2) is 8.70. The topological polar surface area (TPSA) is 67.6 Å². The van der Waals surface area contributed by atoms with Gasteiger partial charge in [0.1, 0.15) is 0 Å². The molecule has 1 amide bonds. The smallest absolute Gasteiger partial charge is 0.251 e. The highest BCUT2D eigenvalue weighted by atomic mass is 35.5. The van der Waals surface area contributed by atoms with Gasteiger partial charge in [0.2, 0.25) is 0 Å². The van der Waals surface area contributed by atoms with Crippen LogP contribution in [0.25, 0.3) is 0 Å². The lowest BCUT2D eigenvalue weighted by atomic mass is 9.79. The molecule has 1 aromatic carbocycles. The van der Waals surface area contributed by atoms with Gasteiger partial charge in [-0.1, -0.05) is 25.3 Å². The summed E-state index contributed by atoms with van der Waals surface area (Å²) in [6.45, 7) is 4.23. The number of benzene rings is 1. The number of rotatable bonds is 4. The Balaban J connectivity index is 0.00000208. The van der Waals surface area contributed by atoms with Crippen molar-refractivity contribution in [3.8, 4) is 0 Å². The van der Waals surface area contributed by atoms with Gasteiger partial charge in [-0.05, 0) is 31.0 Å². The van der Waals surface area contributed by atoms with Crippen molar-refractivity contribution in [2.75, 3.05) is 38.6 Å². The molecule has 2 fully saturated rings. The molecule has 1 heterocycles. The van der Waals surface area contributed by atoms with Crippen molar-refractivity contribution >= 4 is 24.0 Å². The lowest BCUT2D eigenvalue weighted by molar-refractivity contribution is -0.0361. The first-order valence-corrected chi connectivity index (χ1v) is 8.66. The number of hydrogen-bond acceptors (Lipinski definition) is 4. The predicted octanol–water partition coefficient (Wildman–Crippen LogP) is 2.46. The van der Waals surface area contributed by atoms with Gasteiger partial charge in [-0.25, -0.2) is 0 Å². The van der Waals surface area contributed by atoms with Gasteiger partial charge in [-0.15, -0.1) is 12.4 Å². The Bertz CT molecular complexity index is 541. The van der Waals surface area contributed by atoms with Crippen molar-refractivity contribution in [1.29, 1.82) is 0 Å². The molecule has 1 aliphatic carbocycles. The van der Waals surface area contributed by atoms with E-state index in [1.165, 1.54) is 19.3 Å². The lowest BCUT2D eigenvalue weighted by Crippen LogP contribution is -2.59. The number of carbonyl (C=O) groups excluding carboxylic acids is 1. The Morgan fingerprint density at radius 1 is 1.21 bits per heavy atom. The molecule has 1 aromatic rings. The molecular weight excluding hydrogens is 326 g/mol. The molecule has 0 unspecified atom stereocenters. The number of ether oxygens (including phenoxy) is 1. The summed E-state index contributed by atoms with van der Waals surface area (Å²) in [5.74, 6) is -0.0319. The molecule has 1 saturated carbocycles. The van der Waals surface area contributed by atoms with Gasteiger partial charge in [-0.3, -0.25) is 9.69 Å². The van der Waals surface area contributed by atoms with E-state index in [0.29, 0.717) is 17.8 Å². The normalized spacial score (nSPS) is 20.8. The summed E-state index contributed by atoms with van der Waals surface area (Å²) in [7, 11) is 0. The molecule has 0 radical (unpaired) electrons. The van der Waals surface area contributed by atoms with Crippen molar-refractivity contribution in [2.45, 2.75) is 37.6 Å². The molecule has 0 atom stereocenters. The van der Waals surface area contributed by atoms with Crippen molar-refractivity contribution in [2.24, 2.45) is 0 Å². The number of carbonyl (C=O) groups is 1. The molecule has 0 bridgehead atoms. The van der Waals surface area contributed by atoms with Gasteiger partial charge >= 0.3 is 0 Å². The summed E-state index contributed by atoms with van der Waals surface area (Å²) in [6.07, 6.45) is 6.10. The summed E-state index contributed by atoms with van der Waals surface area (Å²) in [5, 5.41) is 3.16. The maximum Gasteiger partial charge on any atom is 0.251 e. The number of amides is 1. The highest BCUT2D eigenvalue weighted by Crippen LogP contribution is 2.33. The number of anilines is 1. The van der Waals surface area contributed by atoms with E-state index in [0.717, 1.165) is 39.1 Å². The number of halogens is 1. The zero-order valence-corrected chi connectivity index (χ0v) is 14.9. The van der Waals surface area contributed by atoms with Crippen LogP contribution in [-0.4, -0.2) is 49.2 Å². The van der Waals surface area contributed by atoms with Crippen LogP contribution in [0.1, 0.15) is 42.5 Å². The number of morpholine rings is 1. The van der Waals surface area contributed by atoms with Crippen LogP contribution >= 0.6 is 12.4 Å². The first-order chi connectivity index (χ1) is 11.2. The number of hydrogen-bond donors (Lipinski definition) is 2. The number of nitrogen functional groups attached to an aromatic ring is 1. The van der Waals surface area contributed by atoms with Crippen molar-refractivity contribution in [3.63, 3.8) is 0 Å². The minimum atomic E-state index is -0.0319. The molecule has 0 spiro atoms. The Morgan fingerprint density at radius 3 is 2.58 bits per heavy atom. The van der Waals surface area contributed by atoms with Crippen molar-refractivity contribution in [3.05, 3.63) is 29.8 Å². The van der Waals surface area contributed by atoms with Crippen LogP contribution < -0.4 is 11.1 Å². The fourth-order valence-electron chi connectivity index (χ4n) is 3.88. The molecule has 0 aromatic heterocycles. The fourth-order valence-corrected chi connectivity index (χ4v) is 3.88. The van der Waals surface area contributed by atoms with E-state index in [4.69, 9.17) is 10.5 Å². The quantitative estimate of drug-likeness (QED) is 0.816. The molecule has 134 valence electrons. The van der Waals surface area contributed by atoms with Crippen LogP contribution in [0.4, 0.5) is 5.69 Å². The highest BCUT2D eigenvalue weighted by molar-refractivity contribution is 5.95. The van der Waals surface area contributed by atoms with Gasteiger partial charge < -0.3 is 15.8 Å². The molecule has 5 nitrogen and oxygen atoms in total. The van der Waals surface area contributed by atoms with Crippen LogP contribution in [-0.2, 0) is 4.74 Å². The van der Waals surface area contributed by atoms with E-state index in [2.05, 4.69) is 10.2 Å². The van der Waals surface area contributed by atoms with E-state index in [-0.39, 0.29) is 23.9 Å². The summed E-state index contributed by atoms with van der Waals surface area (Å²) in [6, 6.07) is 7.17. The van der Waals surface area contributed by atoms with E-state index in [1.807, 2.05) is 12.1 Å². The summed E-state index contributed by atoms with van der Waals surface area (Å²) in [5.41, 5.74) is 7.13. The predicted molar refractivity (Wildman–Crippen MR) is 98.6 cm³/mol. The first-order valence-electron chi connectivity index (χ1n) is 8.66. The number of nitrogens with two attached hydrogens (primary N) is 1. The summed E-state index contributed by atoms with van der Waals surface area (Å²) in [4.78, 5) is 15.0. The third-order valence-electron chi connectivity index (χ3n) is 5.19. The molecule has 1 aliphatic heterocycles. The van der Waals surface area contributed by atoms with Crippen LogP contribution in [0.5, 0.6) is 0 Å². The third-order valence-corrected chi connectivity index (χ3v) is 5.19. The molecule has 3 rings (SSSR count). The standard InChI is InChI=1S/C18H27N3O2.ClH/c19-16-6-4-5-15(13-16)17(22)20-14-18(7-2-1-3-8-18)21-9-11-23-12-10-21;/h4-6,13H,1-3,7-12,14,19H2,(H,20,22);1H. The number of nitrogens with zero attached hydrogens (tertiary/aromatic N) is 1. The Labute approximate surface area is 150 Å². The van der Waals surface area contributed by atoms with Gasteiger partial charge in [0, 0.05) is 36.4 Å². The van der Waals surface area contributed by atoms with E-state index >= 15 is 0 Å². The van der Waals surface area contributed by atoms with Gasteiger partial charge in [0.05, 0.1) is 13.2 Å². The third kappa shape index (κ3) is 4.41. The molecule has 3 N–H and O–H groups in total. The SMILES string of the molecule is Cl.Nc1cccc(C(=O)NCC2(N3CCOCC3)CCCCC2)c1. The summed E-state index contributed by atoms with van der Waals surface area (Å²) < 4.78 is 5.50. The van der Waals surface area contributed by atoms with Crippen molar-refractivity contribution < 1.29 is 9.53 Å². The average molecular weight is 354 g/mol. The average Bonchev–Trinajstić information content (AvgIpc) is 2.61. The fraction of sp³-hybridized carbons (Fsp3) is 0.611. The van der Waals surface area contributed by atoms with E-state index < -0.39 is 0 Å². The van der Waals surface area contributed by atoms with E-state index in [1.54, 1.807) is 12.1 Å². The minimum Gasteiger partial charge on any atom is -0.399 e. The summed E-state index contributed by atoms with van der Waals surface area (Å²) >= 11 is 0. The molecular formula is C18H28ClN3O2. The molecule has 1 saturated heterocycles. The van der Waals surface area contributed by atoms with Gasteiger partial charge in [0.15, 0.2) is 0 Å². The van der Waals surface area contributed by atoms with Crippen LogP contribution in [0, 0.1) is 0 Å². The number of nitrogens with one attached hydrogen (secondary N) is 1. The largest absolute Gasteiger partial charge is 0.399 e. The van der Waals surface area contributed by atoms with Gasteiger partial charge in [-0.2, -0.15) is 0 Å². The maximum atomic E-state index is 12.5. The second-order valence-electron chi connectivity index (χ2n) is 6.69.